The maximum absolute atomic E-state index is 12.9. The lowest BCUT2D eigenvalue weighted by molar-refractivity contribution is -0.140. The van der Waals surface area contributed by atoms with Crippen molar-refractivity contribution in [2.24, 2.45) is 0 Å². The van der Waals surface area contributed by atoms with Crippen LogP contribution in [0, 0.1) is 0 Å². The summed E-state index contributed by atoms with van der Waals surface area (Å²) < 4.78 is 27.3. The van der Waals surface area contributed by atoms with Crippen LogP contribution in [0.4, 0.5) is 0 Å². The number of nitrogens with one attached hydrogen (secondary N) is 1. The van der Waals surface area contributed by atoms with Crippen LogP contribution >= 0.6 is 11.3 Å². The number of thiazole rings is 1. The highest BCUT2D eigenvalue weighted by molar-refractivity contribution is 7.89. The van der Waals surface area contributed by atoms with Gasteiger partial charge in [0.1, 0.15) is 6.04 Å². The lowest BCUT2D eigenvalue weighted by atomic mass is 10.3. The Labute approximate surface area is 143 Å². The second kappa shape index (κ2) is 7.24. The molecule has 1 atom stereocenters. The Kier molecular flexibility index (Phi) is 5.52. The number of carboxylic acids is 1. The molecule has 0 aliphatic heterocycles. The summed E-state index contributed by atoms with van der Waals surface area (Å²) in [6, 6.07) is 3.19. The van der Waals surface area contributed by atoms with E-state index in [-0.39, 0.29) is 23.9 Å². The van der Waals surface area contributed by atoms with Crippen LogP contribution in [0.25, 0.3) is 10.2 Å². The van der Waals surface area contributed by atoms with E-state index >= 15 is 0 Å². The molecular formula is C14H17N3O5S2. The average molecular weight is 371 g/mol. The van der Waals surface area contributed by atoms with Crippen molar-refractivity contribution in [2.45, 2.75) is 24.8 Å². The van der Waals surface area contributed by atoms with Gasteiger partial charge in [-0.05, 0) is 25.1 Å². The molecule has 2 aromatic rings. The third-order valence-electron chi connectivity index (χ3n) is 3.40. The first kappa shape index (κ1) is 18.3. The van der Waals surface area contributed by atoms with Gasteiger partial charge >= 0.3 is 5.97 Å². The number of carboxylic acid groups (broad SMARTS) is 1. The minimum absolute atomic E-state index is 0.00447. The van der Waals surface area contributed by atoms with Crippen molar-refractivity contribution >= 4 is 43.5 Å². The van der Waals surface area contributed by atoms with Crippen molar-refractivity contribution in [3.63, 3.8) is 0 Å². The Morgan fingerprint density at radius 1 is 1.42 bits per heavy atom. The average Bonchev–Trinajstić information content (AvgIpc) is 2.97. The van der Waals surface area contributed by atoms with E-state index in [0.29, 0.717) is 10.2 Å². The number of rotatable bonds is 7. The van der Waals surface area contributed by atoms with Gasteiger partial charge in [-0.2, -0.15) is 4.31 Å². The minimum atomic E-state index is -4.03. The molecule has 0 aliphatic carbocycles. The number of sulfonamides is 1. The molecule has 8 nitrogen and oxygen atoms in total. The van der Waals surface area contributed by atoms with Gasteiger partial charge in [-0.25, -0.2) is 13.4 Å². The quantitative estimate of drug-likeness (QED) is 0.747. The zero-order chi connectivity index (χ0) is 17.9. The monoisotopic (exact) mass is 371 g/mol. The Morgan fingerprint density at radius 2 is 2.12 bits per heavy atom. The van der Waals surface area contributed by atoms with Crippen LogP contribution in [0.1, 0.15) is 13.8 Å². The van der Waals surface area contributed by atoms with Crippen LogP contribution in [0.5, 0.6) is 0 Å². The molecule has 1 amide bonds. The van der Waals surface area contributed by atoms with Gasteiger partial charge in [0.2, 0.25) is 15.9 Å². The standard InChI is InChI=1S/C14H17N3O5S2/c1-9(14(19)20)17(6-5-15-10(2)18)24(21,22)11-3-4-12-13(7-11)23-8-16-12/h3-4,7-9H,5-6H2,1-2H3,(H,15,18)(H,19,20). The van der Waals surface area contributed by atoms with Gasteiger partial charge in [0.15, 0.2) is 0 Å². The molecule has 10 heteroatoms. The maximum Gasteiger partial charge on any atom is 0.321 e. The largest absolute Gasteiger partial charge is 0.480 e. The molecular weight excluding hydrogens is 354 g/mol. The Morgan fingerprint density at radius 3 is 2.75 bits per heavy atom. The molecule has 1 aromatic carbocycles. The first-order chi connectivity index (χ1) is 11.2. The van der Waals surface area contributed by atoms with E-state index in [4.69, 9.17) is 0 Å². The molecule has 1 heterocycles. The van der Waals surface area contributed by atoms with Gasteiger partial charge in [0.25, 0.3) is 0 Å². The summed E-state index contributed by atoms with van der Waals surface area (Å²) in [6.45, 7) is 2.47. The van der Waals surface area contributed by atoms with Crippen molar-refractivity contribution in [2.75, 3.05) is 13.1 Å². The van der Waals surface area contributed by atoms with Crippen LogP contribution in [-0.4, -0.2) is 53.8 Å². The zero-order valence-electron chi connectivity index (χ0n) is 13.1. The molecule has 0 spiro atoms. The Hall–Kier alpha value is -2.04. The van der Waals surface area contributed by atoms with Crippen LogP contribution in [-0.2, 0) is 19.6 Å². The molecule has 1 aromatic heterocycles. The maximum atomic E-state index is 12.9. The zero-order valence-corrected chi connectivity index (χ0v) is 14.7. The summed E-state index contributed by atoms with van der Waals surface area (Å²) in [5, 5.41) is 11.7. The lowest BCUT2D eigenvalue weighted by Crippen LogP contribution is -2.46. The highest BCUT2D eigenvalue weighted by atomic mass is 32.2. The predicted octanol–water partition coefficient (Wildman–Crippen LogP) is 0.896. The number of carbonyl (C=O) groups excluding carboxylic acids is 1. The molecule has 24 heavy (non-hydrogen) atoms. The van der Waals surface area contributed by atoms with Crippen molar-refractivity contribution in [1.82, 2.24) is 14.6 Å². The second-order valence-electron chi connectivity index (χ2n) is 5.09. The number of nitrogens with zero attached hydrogens (tertiary/aromatic N) is 2. The molecule has 1 unspecified atom stereocenters. The van der Waals surface area contributed by atoms with Crippen molar-refractivity contribution in [3.8, 4) is 0 Å². The predicted molar refractivity (Wildman–Crippen MR) is 89.3 cm³/mol. The van der Waals surface area contributed by atoms with Crippen LogP contribution in [0.3, 0.4) is 0 Å². The molecule has 2 N–H and O–H groups in total. The van der Waals surface area contributed by atoms with Crippen LogP contribution in [0.15, 0.2) is 28.6 Å². The number of amides is 1. The Bertz CT molecular complexity index is 862. The third kappa shape index (κ3) is 3.89. The fraction of sp³-hybridized carbons (Fsp3) is 0.357. The minimum Gasteiger partial charge on any atom is -0.480 e. The first-order valence-corrected chi connectivity index (χ1v) is 9.38. The fourth-order valence-corrected chi connectivity index (χ4v) is 4.53. The Balaban J connectivity index is 2.37. The van der Waals surface area contributed by atoms with E-state index in [2.05, 4.69) is 10.3 Å². The molecule has 130 valence electrons. The van der Waals surface area contributed by atoms with E-state index < -0.39 is 22.0 Å². The second-order valence-corrected chi connectivity index (χ2v) is 7.87. The first-order valence-electron chi connectivity index (χ1n) is 7.06. The topological polar surface area (TPSA) is 117 Å². The number of fused-ring (bicyclic) bond motifs is 1. The summed E-state index contributed by atoms with van der Waals surface area (Å²) >= 11 is 1.30. The van der Waals surface area contributed by atoms with Gasteiger partial charge in [0, 0.05) is 20.0 Å². The van der Waals surface area contributed by atoms with E-state index in [1.807, 2.05) is 0 Å². The van der Waals surface area contributed by atoms with Crippen molar-refractivity contribution < 1.29 is 23.1 Å². The van der Waals surface area contributed by atoms with Gasteiger partial charge in [-0.15, -0.1) is 11.3 Å². The molecule has 0 saturated heterocycles. The smallest absolute Gasteiger partial charge is 0.321 e. The third-order valence-corrected chi connectivity index (χ3v) is 6.16. The van der Waals surface area contributed by atoms with Crippen molar-refractivity contribution in [1.29, 1.82) is 0 Å². The summed E-state index contributed by atoms with van der Waals surface area (Å²) in [5.74, 6) is -1.58. The van der Waals surface area contributed by atoms with E-state index in [0.717, 1.165) is 4.31 Å². The molecule has 0 bridgehead atoms. The van der Waals surface area contributed by atoms with Crippen molar-refractivity contribution in [3.05, 3.63) is 23.7 Å². The molecule has 0 saturated carbocycles. The molecule has 0 aliphatic rings. The summed E-state index contributed by atoms with van der Waals surface area (Å²) in [7, 11) is -4.03. The molecule has 0 radical (unpaired) electrons. The number of carbonyl (C=O) groups is 2. The number of benzene rings is 1. The van der Waals surface area contributed by atoms with E-state index in [1.165, 1.54) is 37.3 Å². The van der Waals surface area contributed by atoms with E-state index in [1.54, 1.807) is 11.6 Å². The summed E-state index contributed by atoms with van der Waals surface area (Å²) in [6.07, 6.45) is 0. The summed E-state index contributed by atoms with van der Waals surface area (Å²) in [5.41, 5.74) is 2.28. The number of hydrogen-bond acceptors (Lipinski definition) is 6. The van der Waals surface area contributed by atoms with Gasteiger partial charge in [0.05, 0.1) is 20.6 Å². The lowest BCUT2D eigenvalue weighted by Gasteiger charge is -2.25. The van der Waals surface area contributed by atoms with Crippen LogP contribution in [0.2, 0.25) is 0 Å². The van der Waals surface area contributed by atoms with E-state index in [9.17, 15) is 23.1 Å². The number of hydrogen-bond donors (Lipinski definition) is 2. The number of aliphatic carboxylic acids is 1. The molecule has 2 rings (SSSR count). The van der Waals surface area contributed by atoms with Crippen LogP contribution < -0.4 is 5.32 Å². The SMILES string of the molecule is CC(=O)NCCN(C(C)C(=O)O)S(=O)(=O)c1ccc2ncsc2c1. The molecule has 0 fully saturated rings. The number of aromatic nitrogens is 1. The highest BCUT2D eigenvalue weighted by Gasteiger charge is 2.32. The fourth-order valence-electron chi connectivity index (χ4n) is 2.12. The van der Waals surface area contributed by atoms with Gasteiger partial charge < -0.3 is 10.4 Å². The van der Waals surface area contributed by atoms with Gasteiger partial charge in [-0.3, -0.25) is 9.59 Å². The highest BCUT2D eigenvalue weighted by Crippen LogP contribution is 2.25. The normalized spacial score (nSPS) is 13.1. The summed E-state index contributed by atoms with van der Waals surface area (Å²) in [4.78, 5) is 26.3. The van der Waals surface area contributed by atoms with Gasteiger partial charge in [-0.1, -0.05) is 0 Å².